The first-order valence-electron chi connectivity index (χ1n) is 10.2. The molecule has 2 amide bonds. The number of hydrogen-bond donors (Lipinski definition) is 1. The van der Waals surface area contributed by atoms with Crippen LogP contribution in [0.25, 0.3) is 5.57 Å². The topological polar surface area (TPSA) is 101 Å². The van der Waals surface area contributed by atoms with Gasteiger partial charge < -0.3 is 0 Å². The second-order valence-electron chi connectivity index (χ2n) is 9.03. The minimum atomic E-state index is -3.87. The smallest absolute Gasteiger partial charge is 0.269 e. The van der Waals surface area contributed by atoms with Crippen molar-refractivity contribution in [2.75, 3.05) is 15.6 Å². The van der Waals surface area contributed by atoms with Gasteiger partial charge in [0.25, 0.3) is 5.91 Å². The van der Waals surface area contributed by atoms with Gasteiger partial charge in [-0.3, -0.25) is 19.4 Å². The molecule has 0 bridgehead atoms. The second-order valence-corrected chi connectivity index (χ2v) is 11.8. The number of fused-ring (bicyclic) bond motifs is 1. The fourth-order valence-corrected chi connectivity index (χ4v) is 6.95. The molecular weight excluding hydrogens is 446 g/mol. The molecule has 1 fully saturated rings. The van der Waals surface area contributed by atoms with Crippen molar-refractivity contribution < 1.29 is 18.0 Å². The first kappa shape index (κ1) is 21.2. The molecule has 0 saturated carbocycles. The van der Waals surface area contributed by atoms with Crippen LogP contribution in [-0.2, 0) is 24.5 Å². The molecule has 1 atom stereocenters. The third-order valence-corrected chi connectivity index (χ3v) is 8.61. The lowest BCUT2D eigenvalue weighted by atomic mass is 9.88. The van der Waals surface area contributed by atoms with Gasteiger partial charge in [-0.25, -0.2) is 13.6 Å². The average molecular weight is 470 g/mol. The van der Waals surface area contributed by atoms with Gasteiger partial charge >= 0.3 is 0 Å². The quantitative estimate of drug-likeness (QED) is 0.728. The van der Waals surface area contributed by atoms with Gasteiger partial charge in [0.05, 0.1) is 21.9 Å². The maximum absolute atomic E-state index is 14.2. The molecule has 9 heteroatoms. The van der Waals surface area contributed by atoms with Crippen molar-refractivity contribution in [3.8, 4) is 0 Å². The number of anilines is 2. The van der Waals surface area contributed by atoms with Crippen LogP contribution >= 0.6 is 11.8 Å². The minimum absolute atomic E-state index is 0.0496. The first-order valence-corrected chi connectivity index (χ1v) is 12.7. The van der Waals surface area contributed by atoms with Crippen LogP contribution in [0.2, 0.25) is 0 Å². The number of thioether (sulfide) groups is 1. The summed E-state index contributed by atoms with van der Waals surface area (Å²) < 4.78 is 23.4. The molecule has 0 aliphatic carbocycles. The molecule has 166 valence electrons. The fourth-order valence-electron chi connectivity index (χ4n) is 5.11. The Labute approximate surface area is 191 Å². The van der Waals surface area contributed by atoms with Crippen LogP contribution in [0.15, 0.2) is 47.4 Å². The van der Waals surface area contributed by atoms with Crippen LogP contribution in [0, 0.1) is 6.92 Å². The highest BCUT2D eigenvalue weighted by molar-refractivity contribution is 8.02. The summed E-state index contributed by atoms with van der Waals surface area (Å²) in [7, 11) is -3.87. The van der Waals surface area contributed by atoms with E-state index in [2.05, 4.69) is 12.1 Å². The maximum Gasteiger partial charge on any atom is 0.269 e. The minimum Gasteiger partial charge on any atom is -0.299 e. The number of benzene rings is 2. The van der Waals surface area contributed by atoms with Crippen LogP contribution < -0.4 is 14.9 Å². The van der Waals surface area contributed by atoms with Gasteiger partial charge in [-0.2, -0.15) is 0 Å². The number of aryl methyl sites for hydroxylation is 1. The summed E-state index contributed by atoms with van der Waals surface area (Å²) in [4.78, 5) is 29.3. The van der Waals surface area contributed by atoms with E-state index in [1.54, 1.807) is 4.90 Å². The van der Waals surface area contributed by atoms with Crippen LogP contribution in [0.1, 0.15) is 37.5 Å². The lowest BCUT2D eigenvalue weighted by molar-refractivity contribution is -0.124. The maximum atomic E-state index is 14.2. The number of nitrogens with zero attached hydrogens (tertiary/aromatic N) is 2. The molecule has 2 N–H and O–H groups in total. The Balaban J connectivity index is 1.76. The molecule has 1 spiro atoms. The molecule has 3 heterocycles. The first-order chi connectivity index (χ1) is 14.9. The van der Waals surface area contributed by atoms with Gasteiger partial charge in [0, 0.05) is 16.8 Å². The predicted molar refractivity (Wildman–Crippen MR) is 126 cm³/mol. The Morgan fingerprint density at radius 3 is 2.31 bits per heavy atom. The zero-order chi connectivity index (χ0) is 23.2. The number of carbonyl (C=O) groups is 2. The highest BCUT2D eigenvalue weighted by Gasteiger charge is 2.64. The number of hydrogen-bond acceptors (Lipinski definition) is 5. The van der Waals surface area contributed by atoms with E-state index in [1.807, 2.05) is 33.8 Å². The summed E-state index contributed by atoms with van der Waals surface area (Å²) in [6.45, 7) is 8.01. The number of carbonyl (C=O) groups excluding carboxylic acids is 2. The van der Waals surface area contributed by atoms with Gasteiger partial charge in [-0.05, 0) is 69.2 Å². The van der Waals surface area contributed by atoms with Crippen molar-refractivity contribution in [3.63, 3.8) is 0 Å². The number of primary sulfonamides is 1. The van der Waals surface area contributed by atoms with Crippen LogP contribution in [-0.4, -0.2) is 31.5 Å². The summed E-state index contributed by atoms with van der Waals surface area (Å²) >= 11 is 1.31. The zero-order valence-corrected chi connectivity index (χ0v) is 19.8. The summed E-state index contributed by atoms with van der Waals surface area (Å²) in [6.07, 6.45) is 2.09. The fraction of sp³-hybridized carbons (Fsp3) is 0.304. The molecule has 2 aromatic carbocycles. The SMILES string of the molecule is CC1=CC(C)(C)N2C(=O)C3(SCC(=O)N3c3ccc(S(N)(=O)=O)cc3)c3cc(C)cc1c32. The molecule has 5 rings (SSSR count). The normalized spacial score (nSPS) is 23.7. The van der Waals surface area contributed by atoms with Crippen molar-refractivity contribution in [2.24, 2.45) is 5.14 Å². The monoisotopic (exact) mass is 469 g/mol. The standard InChI is InChI=1S/C23H23N3O4S2/c1-13-9-17-14(2)11-22(3,4)26-20(17)18(10-13)23(21(26)28)25(19(27)12-31-23)15-5-7-16(8-6-15)32(24,29)30/h5-11H,12H2,1-4H3,(H2,24,29,30). The average Bonchev–Trinajstić information content (AvgIpc) is 3.16. The van der Waals surface area contributed by atoms with Crippen molar-refractivity contribution in [2.45, 2.75) is 43.0 Å². The molecular formula is C23H23N3O4S2. The molecule has 32 heavy (non-hydrogen) atoms. The van der Waals surface area contributed by atoms with Crippen LogP contribution in [0.5, 0.6) is 0 Å². The summed E-state index contributed by atoms with van der Waals surface area (Å²) in [6, 6.07) is 9.86. The van der Waals surface area contributed by atoms with Crippen molar-refractivity contribution in [1.29, 1.82) is 0 Å². The highest BCUT2D eigenvalue weighted by atomic mass is 32.2. The molecule has 7 nitrogen and oxygen atoms in total. The van der Waals surface area contributed by atoms with Crippen LogP contribution in [0.3, 0.4) is 0 Å². The van der Waals surface area contributed by atoms with Gasteiger partial charge in [0.2, 0.25) is 20.8 Å². The molecule has 0 radical (unpaired) electrons. The molecule has 2 aromatic rings. The van der Waals surface area contributed by atoms with Gasteiger partial charge in [0.1, 0.15) is 0 Å². The second kappa shape index (κ2) is 6.46. The summed E-state index contributed by atoms with van der Waals surface area (Å²) in [5.41, 5.74) is 4.63. The number of amides is 2. The van der Waals surface area contributed by atoms with Crippen LogP contribution in [0.4, 0.5) is 11.4 Å². The number of allylic oxidation sites excluding steroid dienone is 1. The molecule has 1 unspecified atom stereocenters. The third kappa shape index (κ3) is 2.68. The number of nitrogens with two attached hydrogens (primary N) is 1. The molecule has 3 aliphatic rings. The van der Waals surface area contributed by atoms with E-state index in [9.17, 15) is 18.0 Å². The van der Waals surface area contributed by atoms with Gasteiger partial charge in [0.15, 0.2) is 0 Å². The Morgan fingerprint density at radius 2 is 1.69 bits per heavy atom. The van der Waals surface area contributed by atoms with Gasteiger partial charge in [-0.15, -0.1) is 11.8 Å². The summed E-state index contributed by atoms with van der Waals surface area (Å²) in [5.74, 6) is -0.227. The van der Waals surface area contributed by atoms with E-state index in [4.69, 9.17) is 5.14 Å². The number of sulfonamides is 1. The van der Waals surface area contributed by atoms with Crippen molar-refractivity contribution in [1.82, 2.24) is 0 Å². The van der Waals surface area contributed by atoms with E-state index in [0.29, 0.717) is 5.69 Å². The Morgan fingerprint density at radius 1 is 1.03 bits per heavy atom. The lowest BCUT2D eigenvalue weighted by Gasteiger charge is -2.40. The van der Waals surface area contributed by atoms with E-state index >= 15 is 0 Å². The van der Waals surface area contributed by atoms with E-state index < -0.39 is 20.4 Å². The number of rotatable bonds is 2. The Hall–Kier alpha value is -2.62. The molecule has 0 aromatic heterocycles. The van der Waals surface area contributed by atoms with E-state index in [0.717, 1.165) is 28.0 Å². The van der Waals surface area contributed by atoms with Crippen molar-refractivity contribution >= 4 is 50.5 Å². The molecule has 3 aliphatic heterocycles. The Bertz CT molecular complexity index is 1350. The largest absolute Gasteiger partial charge is 0.299 e. The van der Waals surface area contributed by atoms with Crippen molar-refractivity contribution in [3.05, 3.63) is 59.2 Å². The highest BCUT2D eigenvalue weighted by Crippen LogP contribution is 2.60. The van der Waals surface area contributed by atoms with E-state index in [-0.39, 0.29) is 22.5 Å². The third-order valence-electron chi connectivity index (χ3n) is 6.30. The zero-order valence-electron chi connectivity index (χ0n) is 18.2. The predicted octanol–water partition coefficient (Wildman–Crippen LogP) is 3.12. The van der Waals surface area contributed by atoms with E-state index in [1.165, 1.54) is 40.9 Å². The summed E-state index contributed by atoms with van der Waals surface area (Å²) in [5, 5.41) is 5.23. The molecule has 1 saturated heterocycles. The lowest BCUT2D eigenvalue weighted by Crippen LogP contribution is -2.54. The van der Waals surface area contributed by atoms with Gasteiger partial charge in [-0.1, -0.05) is 12.1 Å². The Kier molecular flexibility index (Phi) is 4.29.